The Morgan fingerprint density at radius 2 is 2.45 bits per heavy atom. The van der Waals surface area contributed by atoms with E-state index in [2.05, 4.69) is 5.32 Å². The fraction of sp³-hybridized carbons (Fsp3) is 1.00. The molecule has 3 nitrogen and oxygen atoms in total. The summed E-state index contributed by atoms with van der Waals surface area (Å²) in [6, 6.07) is 0. The van der Waals surface area contributed by atoms with Crippen LogP contribution in [0.15, 0.2) is 0 Å². The van der Waals surface area contributed by atoms with Crippen LogP contribution in [0.4, 0.5) is 0 Å². The Morgan fingerprint density at radius 1 is 1.64 bits per heavy atom. The number of rotatable bonds is 2. The van der Waals surface area contributed by atoms with Gasteiger partial charge in [0.2, 0.25) is 0 Å². The van der Waals surface area contributed by atoms with Crippen LogP contribution in [-0.4, -0.2) is 31.6 Å². The van der Waals surface area contributed by atoms with Crippen molar-refractivity contribution in [2.24, 2.45) is 10.6 Å². The van der Waals surface area contributed by atoms with Gasteiger partial charge in [0.05, 0.1) is 12.7 Å². The van der Waals surface area contributed by atoms with Gasteiger partial charge < -0.3 is 10.1 Å². The van der Waals surface area contributed by atoms with Gasteiger partial charge in [-0.25, -0.2) is 0 Å². The summed E-state index contributed by atoms with van der Waals surface area (Å²) in [6.07, 6.45) is 1.61. The summed E-state index contributed by atoms with van der Waals surface area (Å²) in [7, 11) is 0. The maximum atomic E-state index is 5.61. The number of nitrogens with two attached hydrogens (primary N) is 1. The van der Waals surface area contributed by atoms with Crippen LogP contribution in [0, 0.1) is 5.41 Å². The number of ether oxygens (including phenoxy) is 1. The molecule has 1 unspecified atom stereocenters. The summed E-state index contributed by atoms with van der Waals surface area (Å²) in [5.41, 5.74) is 0.487. The quantitative estimate of drug-likeness (QED) is 0.577. The van der Waals surface area contributed by atoms with Gasteiger partial charge in [0.1, 0.15) is 0 Å². The highest BCUT2D eigenvalue weighted by Gasteiger charge is 2.44. The first-order valence-electron chi connectivity index (χ1n) is 3.99. The van der Waals surface area contributed by atoms with Crippen LogP contribution in [0.5, 0.6) is 0 Å². The SMILES string of the molecule is NSCC1CC2(CNC2)CO1. The average molecular weight is 174 g/mol. The lowest BCUT2D eigenvalue weighted by Gasteiger charge is -2.37. The predicted molar refractivity (Wildman–Crippen MR) is 46.3 cm³/mol. The van der Waals surface area contributed by atoms with Crippen LogP contribution < -0.4 is 10.5 Å². The van der Waals surface area contributed by atoms with E-state index < -0.39 is 0 Å². The topological polar surface area (TPSA) is 47.3 Å². The Morgan fingerprint density at radius 3 is 2.91 bits per heavy atom. The van der Waals surface area contributed by atoms with Crippen molar-refractivity contribution in [3.63, 3.8) is 0 Å². The van der Waals surface area contributed by atoms with E-state index in [1.807, 2.05) is 0 Å². The highest BCUT2D eigenvalue weighted by atomic mass is 32.2. The Balaban J connectivity index is 1.83. The van der Waals surface area contributed by atoms with Crippen molar-refractivity contribution in [1.29, 1.82) is 0 Å². The van der Waals surface area contributed by atoms with E-state index in [4.69, 9.17) is 9.88 Å². The molecule has 2 heterocycles. The van der Waals surface area contributed by atoms with Gasteiger partial charge in [-0.05, 0) is 6.42 Å². The van der Waals surface area contributed by atoms with Gasteiger partial charge in [-0.3, -0.25) is 5.14 Å². The van der Waals surface area contributed by atoms with E-state index in [0.29, 0.717) is 11.5 Å². The van der Waals surface area contributed by atoms with Crippen LogP contribution in [0.25, 0.3) is 0 Å². The van der Waals surface area contributed by atoms with Crippen molar-refractivity contribution in [3.05, 3.63) is 0 Å². The third-order valence-corrected chi connectivity index (χ3v) is 3.13. The minimum atomic E-state index is 0.409. The zero-order chi connectivity index (χ0) is 7.73. The Labute approximate surface area is 71.2 Å². The summed E-state index contributed by atoms with van der Waals surface area (Å²) >= 11 is 1.39. The smallest absolute Gasteiger partial charge is 0.0685 e. The van der Waals surface area contributed by atoms with E-state index in [1.165, 1.54) is 18.4 Å². The third-order valence-electron chi connectivity index (χ3n) is 2.57. The van der Waals surface area contributed by atoms with Crippen molar-refractivity contribution < 1.29 is 4.74 Å². The second kappa shape index (κ2) is 2.94. The molecule has 0 bridgehead atoms. The molecule has 0 aromatic heterocycles. The van der Waals surface area contributed by atoms with Crippen LogP contribution in [0.2, 0.25) is 0 Å². The maximum Gasteiger partial charge on any atom is 0.0685 e. The van der Waals surface area contributed by atoms with E-state index in [9.17, 15) is 0 Å². The Hall–Kier alpha value is 0.230. The van der Waals surface area contributed by atoms with Crippen molar-refractivity contribution in [3.8, 4) is 0 Å². The summed E-state index contributed by atoms with van der Waals surface area (Å²) in [5.74, 6) is 0.946. The zero-order valence-corrected chi connectivity index (χ0v) is 7.32. The Bertz CT molecular complexity index is 149. The molecule has 0 aromatic carbocycles. The molecule has 64 valence electrons. The molecule has 0 radical (unpaired) electrons. The van der Waals surface area contributed by atoms with Gasteiger partial charge in [-0.2, -0.15) is 0 Å². The van der Waals surface area contributed by atoms with Crippen LogP contribution in [0.3, 0.4) is 0 Å². The first-order valence-corrected chi connectivity index (χ1v) is 5.04. The summed E-state index contributed by atoms with van der Waals surface area (Å²) in [6.45, 7) is 3.21. The van der Waals surface area contributed by atoms with Crippen molar-refractivity contribution in [2.75, 3.05) is 25.4 Å². The minimum absolute atomic E-state index is 0.409. The lowest BCUT2D eigenvalue weighted by atomic mass is 9.80. The summed E-state index contributed by atoms with van der Waals surface area (Å²) in [4.78, 5) is 0. The molecule has 4 heteroatoms. The van der Waals surface area contributed by atoms with E-state index in [1.54, 1.807) is 0 Å². The van der Waals surface area contributed by atoms with Gasteiger partial charge in [0.25, 0.3) is 0 Å². The van der Waals surface area contributed by atoms with Crippen molar-refractivity contribution >= 4 is 11.9 Å². The van der Waals surface area contributed by atoms with Crippen LogP contribution in [-0.2, 0) is 4.74 Å². The van der Waals surface area contributed by atoms with E-state index in [-0.39, 0.29) is 0 Å². The normalized spacial score (nSPS) is 34.1. The highest BCUT2D eigenvalue weighted by molar-refractivity contribution is 7.97. The molecule has 2 aliphatic rings. The van der Waals surface area contributed by atoms with E-state index in [0.717, 1.165) is 25.4 Å². The van der Waals surface area contributed by atoms with Crippen LogP contribution >= 0.6 is 11.9 Å². The first kappa shape index (κ1) is 7.86. The number of nitrogens with one attached hydrogen (secondary N) is 1. The predicted octanol–water partition coefficient (Wildman–Crippen LogP) is -0.0282. The fourth-order valence-electron chi connectivity index (χ4n) is 1.83. The summed E-state index contributed by atoms with van der Waals surface area (Å²) < 4.78 is 5.61. The standard InChI is InChI=1S/C7H14N2OS/c8-11-2-6-1-7(5-10-6)3-9-4-7/h6,9H,1-5,8H2. The molecule has 1 atom stereocenters. The molecule has 2 rings (SSSR count). The van der Waals surface area contributed by atoms with Crippen molar-refractivity contribution in [2.45, 2.75) is 12.5 Å². The van der Waals surface area contributed by atoms with Gasteiger partial charge in [0, 0.05) is 24.3 Å². The first-order chi connectivity index (χ1) is 5.35. The largest absolute Gasteiger partial charge is 0.377 e. The molecule has 0 saturated carbocycles. The lowest BCUT2D eigenvalue weighted by Crippen LogP contribution is -2.53. The third kappa shape index (κ3) is 1.40. The van der Waals surface area contributed by atoms with Gasteiger partial charge in [-0.15, -0.1) is 0 Å². The summed E-state index contributed by atoms with van der Waals surface area (Å²) in [5, 5.41) is 8.67. The maximum absolute atomic E-state index is 5.61. The molecule has 2 fully saturated rings. The molecular weight excluding hydrogens is 160 g/mol. The highest BCUT2D eigenvalue weighted by Crippen LogP contribution is 2.36. The Kier molecular flexibility index (Phi) is 2.10. The molecule has 3 N–H and O–H groups in total. The molecular formula is C7H14N2OS. The van der Waals surface area contributed by atoms with E-state index >= 15 is 0 Å². The van der Waals surface area contributed by atoms with Crippen molar-refractivity contribution in [1.82, 2.24) is 5.32 Å². The number of hydrogen-bond donors (Lipinski definition) is 2. The molecule has 11 heavy (non-hydrogen) atoms. The molecule has 2 aliphatic heterocycles. The van der Waals surface area contributed by atoms with Gasteiger partial charge in [-0.1, -0.05) is 11.9 Å². The average Bonchev–Trinajstić information content (AvgIpc) is 2.32. The second-order valence-corrected chi connectivity index (χ2v) is 4.24. The minimum Gasteiger partial charge on any atom is -0.377 e. The lowest BCUT2D eigenvalue weighted by molar-refractivity contribution is 0.0884. The second-order valence-electron chi connectivity index (χ2n) is 3.57. The molecule has 0 aliphatic carbocycles. The number of hydrogen-bond acceptors (Lipinski definition) is 4. The van der Waals surface area contributed by atoms with Crippen LogP contribution in [0.1, 0.15) is 6.42 Å². The van der Waals surface area contributed by atoms with Gasteiger partial charge in [0.15, 0.2) is 0 Å². The molecule has 0 amide bonds. The fourth-order valence-corrected chi connectivity index (χ4v) is 2.26. The zero-order valence-electron chi connectivity index (χ0n) is 6.51. The molecule has 1 spiro atoms. The molecule has 2 saturated heterocycles. The monoisotopic (exact) mass is 174 g/mol. The van der Waals surface area contributed by atoms with Gasteiger partial charge >= 0.3 is 0 Å². The molecule has 0 aromatic rings.